The number of nitrogens with two attached hydrogens (primary N) is 1. The summed E-state index contributed by atoms with van der Waals surface area (Å²) in [6, 6.07) is 12.4. The maximum atomic E-state index is 12.9. The van der Waals surface area contributed by atoms with Crippen molar-refractivity contribution in [2.45, 2.75) is 102 Å². The van der Waals surface area contributed by atoms with Crippen molar-refractivity contribution in [1.29, 1.82) is 0 Å². The minimum Gasteiger partial charge on any atom is -0.549 e. The van der Waals surface area contributed by atoms with Crippen LogP contribution in [-0.2, 0) is 24.8 Å². The van der Waals surface area contributed by atoms with Crippen LogP contribution < -0.4 is 10.4 Å². The average Bonchev–Trinajstić information content (AvgIpc) is 2.90. The fraction of sp³-hybridized carbons (Fsp3) is 0.621. The van der Waals surface area contributed by atoms with E-state index in [0.29, 0.717) is 10.9 Å². The van der Waals surface area contributed by atoms with Crippen LogP contribution in [0.4, 0.5) is 0 Å². The van der Waals surface area contributed by atoms with Crippen molar-refractivity contribution in [2.24, 2.45) is 0 Å². The molecule has 2 aromatic rings. The zero-order chi connectivity index (χ0) is 26.7. The van der Waals surface area contributed by atoms with Crippen LogP contribution in [0.3, 0.4) is 0 Å². The summed E-state index contributed by atoms with van der Waals surface area (Å²) in [6.45, 7) is 3.30. The zero-order valence-corrected chi connectivity index (χ0v) is 23.3. The number of carbonyl (C=O) groups excluding carboxylic acids is 1. The van der Waals surface area contributed by atoms with Crippen LogP contribution in [0.5, 0.6) is 5.75 Å². The molecule has 2 aliphatic rings. The summed E-state index contributed by atoms with van der Waals surface area (Å²) >= 11 is 0. The van der Waals surface area contributed by atoms with Crippen LogP contribution in [0.15, 0.2) is 36.4 Å². The number of carboxylic acid groups (broad SMARTS) is 1. The standard InChI is InChI=1S/C17H21O6P.C12H23N/c1-3-22-24(21,23-4-2)16(17(19)20)11-14-13-8-6-5-7-12(13)9-10-15(14)18;1-3-7-11(8-4-1)13-12-9-5-2-6-10-12/h5-10,16,18H,3-4,11H2,1-2H3,(H,19,20);11-13H,1-10H2. The van der Waals surface area contributed by atoms with Crippen LogP contribution in [-0.4, -0.2) is 42.0 Å². The first kappa shape index (κ1) is 29.6. The quantitative estimate of drug-likeness (QED) is 0.429. The van der Waals surface area contributed by atoms with Crippen LogP contribution in [0, 0.1) is 0 Å². The Hall–Kier alpha value is -1.92. The van der Waals surface area contributed by atoms with E-state index in [9.17, 15) is 19.6 Å². The number of benzene rings is 2. The molecule has 0 aromatic heterocycles. The number of aliphatic carboxylic acids is 1. The Morgan fingerprint density at radius 1 is 0.946 bits per heavy atom. The summed E-state index contributed by atoms with van der Waals surface area (Å²) in [5, 5.41) is 26.0. The van der Waals surface area contributed by atoms with Gasteiger partial charge in [-0.3, -0.25) is 4.57 Å². The van der Waals surface area contributed by atoms with Gasteiger partial charge >= 0.3 is 7.60 Å². The third kappa shape index (κ3) is 8.54. The summed E-state index contributed by atoms with van der Waals surface area (Å²) in [5.74, 6) is -1.60. The Balaban J connectivity index is 0.000000244. The lowest BCUT2D eigenvalue weighted by atomic mass is 9.91. The molecule has 1 unspecified atom stereocenters. The van der Waals surface area contributed by atoms with E-state index in [1.54, 1.807) is 32.0 Å². The number of aromatic hydroxyl groups is 1. The maximum Gasteiger partial charge on any atom is 0.339 e. The summed E-state index contributed by atoms with van der Waals surface area (Å²) in [6.07, 6.45) is 14.7. The molecule has 0 heterocycles. The lowest BCUT2D eigenvalue weighted by Gasteiger charge is -2.27. The topological polar surface area (TPSA) is 112 Å². The van der Waals surface area contributed by atoms with Gasteiger partial charge in [-0.05, 0) is 88.5 Å². The number of hydrogen-bond acceptors (Lipinski definition) is 6. The lowest BCUT2D eigenvalue weighted by molar-refractivity contribution is -0.725. The zero-order valence-electron chi connectivity index (χ0n) is 22.4. The second-order valence-corrected chi connectivity index (χ2v) is 12.4. The predicted octanol–water partition coefficient (Wildman–Crippen LogP) is 4.69. The van der Waals surface area contributed by atoms with Crippen molar-refractivity contribution in [1.82, 2.24) is 0 Å². The van der Waals surface area contributed by atoms with Gasteiger partial charge < -0.3 is 29.4 Å². The summed E-state index contributed by atoms with van der Waals surface area (Å²) in [4.78, 5) is 11.6. The highest BCUT2D eigenvalue weighted by Gasteiger charge is 2.37. The van der Waals surface area contributed by atoms with Crippen LogP contribution in [0.2, 0.25) is 0 Å². The maximum absolute atomic E-state index is 12.9. The van der Waals surface area contributed by atoms with Crippen LogP contribution in [0.1, 0.15) is 83.6 Å². The lowest BCUT2D eigenvalue weighted by Crippen LogP contribution is -2.95. The average molecular weight is 534 g/mol. The minimum absolute atomic E-state index is 0.0442. The Labute approximate surface area is 221 Å². The number of hydrogen-bond donors (Lipinski definition) is 2. The van der Waals surface area contributed by atoms with Crippen molar-refractivity contribution < 1.29 is 33.9 Å². The normalized spacial score (nSPS) is 18.2. The molecule has 206 valence electrons. The second kappa shape index (κ2) is 14.9. The molecule has 2 fully saturated rings. The number of carbonyl (C=O) groups is 1. The third-order valence-electron chi connectivity index (χ3n) is 7.53. The third-order valence-corrected chi connectivity index (χ3v) is 9.92. The van der Waals surface area contributed by atoms with Crippen molar-refractivity contribution in [3.63, 3.8) is 0 Å². The molecule has 0 radical (unpaired) electrons. The molecule has 3 N–H and O–H groups in total. The Bertz CT molecular complexity index is 1010. The molecule has 1 atom stereocenters. The molecule has 2 aliphatic carbocycles. The highest BCUT2D eigenvalue weighted by Crippen LogP contribution is 2.54. The SMILES string of the molecule is C1CCC([NH2+]C2CCCCC2)CC1.CCOP(=O)(OCC)C(Cc1c(O)ccc2ccccc12)C(=O)[O-]. The van der Waals surface area contributed by atoms with Gasteiger partial charge in [0.05, 0.1) is 31.3 Å². The van der Waals surface area contributed by atoms with E-state index in [-0.39, 0.29) is 25.4 Å². The Kier molecular flexibility index (Phi) is 11.9. The second-order valence-electron chi connectivity index (χ2n) is 10.2. The van der Waals surface area contributed by atoms with Gasteiger partial charge in [0.25, 0.3) is 0 Å². The van der Waals surface area contributed by atoms with Gasteiger partial charge in [0, 0.05) is 5.56 Å². The van der Waals surface area contributed by atoms with Gasteiger partial charge in [0.15, 0.2) is 0 Å². The van der Waals surface area contributed by atoms with Gasteiger partial charge in [0.1, 0.15) is 11.4 Å². The number of quaternary nitrogens is 1. The molecule has 0 aliphatic heterocycles. The molecular weight excluding hydrogens is 489 g/mol. The highest BCUT2D eigenvalue weighted by molar-refractivity contribution is 7.55. The van der Waals surface area contributed by atoms with Crippen molar-refractivity contribution in [3.8, 4) is 5.75 Å². The van der Waals surface area contributed by atoms with Gasteiger partial charge in [0.2, 0.25) is 0 Å². The van der Waals surface area contributed by atoms with Crippen molar-refractivity contribution in [2.75, 3.05) is 13.2 Å². The Morgan fingerprint density at radius 2 is 1.49 bits per heavy atom. The first-order valence-electron chi connectivity index (χ1n) is 14.0. The monoisotopic (exact) mass is 533 g/mol. The molecule has 0 amide bonds. The van der Waals surface area contributed by atoms with E-state index >= 15 is 0 Å². The first-order chi connectivity index (χ1) is 17.9. The molecule has 8 heteroatoms. The van der Waals surface area contributed by atoms with E-state index in [0.717, 1.165) is 17.5 Å². The van der Waals surface area contributed by atoms with Crippen LogP contribution in [0.25, 0.3) is 10.8 Å². The minimum atomic E-state index is -3.92. The van der Waals surface area contributed by atoms with Crippen molar-refractivity contribution in [3.05, 3.63) is 42.0 Å². The van der Waals surface area contributed by atoms with E-state index in [1.807, 2.05) is 12.1 Å². The molecule has 4 rings (SSSR count). The summed E-state index contributed by atoms with van der Waals surface area (Å²) < 4.78 is 23.2. The molecule has 37 heavy (non-hydrogen) atoms. The predicted molar refractivity (Wildman–Crippen MR) is 145 cm³/mol. The molecule has 0 spiro atoms. The fourth-order valence-corrected chi connectivity index (χ4v) is 7.49. The van der Waals surface area contributed by atoms with Gasteiger partial charge in [-0.15, -0.1) is 0 Å². The van der Waals surface area contributed by atoms with E-state index in [1.165, 1.54) is 70.3 Å². The first-order valence-corrected chi connectivity index (χ1v) is 15.6. The number of fused-ring (bicyclic) bond motifs is 1. The molecule has 0 bridgehead atoms. The molecule has 2 aromatic carbocycles. The largest absolute Gasteiger partial charge is 0.549 e. The molecule has 7 nitrogen and oxygen atoms in total. The molecular formula is C29H44NO6P. The molecule has 2 saturated carbocycles. The van der Waals surface area contributed by atoms with Gasteiger partial charge in [-0.25, -0.2) is 0 Å². The van der Waals surface area contributed by atoms with Crippen molar-refractivity contribution >= 4 is 24.3 Å². The van der Waals surface area contributed by atoms with Gasteiger partial charge in [-0.2, -0.15) is 0 Å². The summed E-state index contributed by atoms with van der Waals surface area (Å²) in [7, 11) is -3.92. The number of rotatable bonds is 10. The number of phenolic OH excluding ortho intramolecular Hbond substituents is 1. The highest BCUT2D eigenvalue weighted by atomic mass is 31.2. The van der Waals surface area contributed by atoms with E-state index < -0.39 is 19.2 Å². The molecule has 0 saturated heterocycles. The summed E-state index contributed by atoms with van der Waals surface area (Å²) in [5.41, 5.74) is -1.13. The van der Waals surface area contributed by atoms with Gasteiger partial charge in [-0.1, -0.05) is 43.2 Å². The van der Waals surface area contributed by atoms with E-state index in [4.69, 9.17) is 9.05 Å². The smallest absolute Gasteiger partial charge is 0.339 e. The van der Waals surface area contributed by atoms with Crippen LogP contribution >= 0.6 is 7.60 Å². The van der Waals surface area contributed by atoms with E-state index in [2.05, 4.69) is 5.32 Å². The Morgan fingerprint density at radius 3 is 2.00 bits per heavy atom. The number of carboxylic acids is 1. The number of phenols is 1. The fourth-order valence-electron chi connectivity index (χ4n) is 5.67.